The molecule has 2 rings (SSSR count). The predicted molar refractivity (Wildman–Crippen MR) is 71.0 cm³/mol. The highest BCUT2D eigenvalue weighted by molar-refractivity contribution is 7.99. The molecule has 4 heteroatoms. The van der Waals surface area contributed by atoms with E-state index in [1.165, 1.54) is 0 Å². The molecule has 0 aromatic heterocycles. The van der Waals surface area contributed by atoms with Gasteiger partial charge < -0.3 is 10.5 Å². The molecule has 1 aliphatic heterocycles. The van der Waals surface area contributed by atoms with E-state index in [4.69, 9.17) is 22.1 Å². The van der Waals surface area contributed by atoms with E-state index in [1.54, 1.807) is 0 Å². The fraction of sp³-hybridized carbons (Fsp3) is 0.500. The number of thioether (sulfide) groups is 1. The van der Waals surface area contributed by atoms with Crippen molar-refractivity contribution in [1.29, 1.82) is 0 Å². The minimum Gasteiger partial charge on any atom is -0.399 e. The Hall–Kier alpha value is -0.380. The average molecular weight is 258 g/mol. The van der Waals surface area contributed by atoms with Crippen molar-refractivity contribution in [3.63, 3.8) is 0 Å². The summed E-state index contributed by atoms with van der Waals surface area (Å²) in [7, 11) is 0. The topological polar surface area (TPSA) is 35.2 Å². The molecule has 0 spiro atoms. The first kappa shape index (κ1) is 12.1. The van der Waals surface area contributed by atoms with Crippen LogP contribution in [0.1, 0.15) is 18.9 Å². The van der Waals surface area contributed by atoms with Gasteiger partial charge in [0.05, 0.1) is 6.10 Å². The SMILES string of the molecule is CC1OCCC1SCc1cc(N)ccc1Cl. The first-order valence-electron chi connectivity index (χ1n) is 5.44. The molecule has 88 valence electrons. The maximum Gasteiger partial charge on any atom is 0.0666 e. The smallest absolute Gasteiger partial charge is 0.0666 e. The summed E-state index contributed by atoms with van der Waals surface area (Å²) in [5, 5.41) is 1.38. The molecule has 0 radical (unpaired) electrons. The zero-order chi connectivity index (χ0) is 11.5. The summed E-state index contributed by atoms with van der Waals surface area (Å²) in [5.41, 5.74) is 7.64. The molecule has 2 nitrogen and oxygen atoms in total. The Morgan fingerprint density at radius 2 is 2.38 bits per heavy atom. The summed E-state index contributed by atoms with van der Waals surface area (Å²) in [4.78, 5) is 0. The minimum atomic E-state index is 0.352. The number of nitrogens with two attached hydrogens (primary N) is 1. The maximum atomic E-state index is 6.12. The second-order valence-electron chi connectivity index (χ2n) is 4.06. The van der Waals surface area contributed by atoms with Gasteiger partial charge in [-0.25, -0.2) is 0 Å². The van der Waals surface area contributed by atoms with Gasteiger partial charge >= 0.3 is 0 Å². The fourth-order valence-electron chi connectivity index (χ4n) is 1.83. The number of rotatable bonds is 3. The Bertz CT molecular complexity index is 372. The van der Waals surface area contributed by atoms with E-state index in [1.807, 2.05) is 30.0 Å². The van der Waals surface area contributed by atoms with E-state index < -0.39 is 0 Å². The van der Waals surface area contributed by atoms with E-state index in [0.29, 0.717) is 11.4 Å². The number of halogens is 1. The van der Waals surface area contributed by atoms with E-state index in [9.17, 15) is 0 Å². The van der Waals surface area contributed by atoms with Crippen molar-refractivity contribution in [1.82, 2.24) is 0 Å². The van der Waals surface area contributed by atoms with Crippen LogP contribution in [0, 0.1) is 0 Å². The molecule has 1 saturated heterocycles. The van der Waals surface area contributed by atoms with Crippen molar-refractivity contribution in [2.24, 2.45) is 0 Å². The molecule has 1 fully saturated rings. The monoisotopic (exact) mass is 257 g/mol. The van der Waals surface area contributed by atoms with Gasteiger partial charge in [0, 0.05) is 28.3 Å². The summed E-state index contributed by atoms with van der Waals surface area (Å²) < 4.78 is 5.53. The lowest BCUT2D eigenvalue weighted by Crippen LogP contribution is -2.13. The molecule has 2 atom stereocenters. The van der Waals surface area contributed by atoms with Crippen LogP contribution in [0.2, 0.25) is 5.02 Å². The van der Waals surface area contributed by atoms with Gasteiger partial charge in [0.1, 0.15) is 0 Å². The zero-order valence-corrected chi connectivity index (χ0v) is 10.9. The summed E-state index contributed by atoms with van der Waals surface area (Å²) in [6.07, 6.45) is 1.48. The molecule has 2 unspecified atom stereocenters. The van der Waals surface area contributed by atoms with Crippen LogP contribution in [0.5, 0.6) is 0 Å². The van der Waals surface area contributed by atoms with Crippen LogP contribution in [0.3, 0.4) is 0 Å². The first-order valence-corrected chi connectivity index (χ1v) is 6.86. The second-order valence-corrected chi connectivity index (χ2v) is 5.70. The van der Waals surface area contributed by atoms with Crippen LogP contribution in [0.15, 0.2) is 18.2 Å². The Morgan fingerprint density at radius 1 is 1.56 bits per heavy atom. The second kappa shape index (κ2) is 5.30. The Morgan fingerprint density at radius 3 is 3.06 bits per heavy atom. The van der Waals surface area contributed by atoms with Crippen molar-refractivity contribution in [3.05, 3.63) is 28.8 Å². The van der Waals surface area contributed by atoms with Gasteiger partial charge in [0.15, 0.2) is 0 Å². The third-order valence-electron chi connectivity index (χ3n) is 2.83. The minimum absolute atomic E-state index is 0.352. The summed E-state index contributed by atoms with van der Waals surface area (Å²) in [5.74, 6) is 0.905. The van der Waals surface area contributed by atoms with Gasteiger partial charge in [-0.2, -0.15) is 11.8 Å². The average Bonchev–Trinajstić information content (AvgIpc) is 2.66. The van der Waals surface area contributed by atoms with E-state index in [0.717, 1.165) is 35.1 Å². The Kier molecular flexibility index (Phi) is 4.00. The van der Waals surface area contributed by atoms with E-state index in [-0.39, 0.29) is 0 Å². The quantitative estimate of drug-likeness (QED) is 0.844. The molecule has 16 heavy (non-hydrogen) atoms. The highest BCUT2D eigenvalue weighted by Crippen LogP contribution is 2.31. The van der Waals surface area contributed by atoms with Crippen LogP contribution < -0.4 is 5.73 Å². The van der Waals surface area contributed by atoms with Gasteiger partial charge in [0.25, 0.3) is 0 Å². The summed E-state index contributed by atoms with van der Waals surface area (Å²) in [6, 6.07) is 5.65. The highest BCUT2D eigenvalue weighted by atomic mass is 35.5. The summed E-state index contributed by atoms with van der Waals surface area (Å²) in [6.45, 7) is 3.01. The third-order valence-corrected chi connectivity index (χ3v) is 4.72. The maximum absolute atomic E-state index is 6.12. The van der Waals surface area contributed by atoms with Crippen LogP contribution >= 0.6 is 23.4 Å². The lowest BCUT2D eigenvalue weighted by atomic mass is 10.2. The standard InChI is InChI=1S/C12H16ClNOS/c1-8-12(4-5-15-8)16-7-9-6-10(14)2-3-11(9)13/h2-3,6,8,12H,4-5,7,14H2,1H3. The van der Waals surface area contributed by atoms with Gasteiger partial charge in [-0.15, -0.1) is 0 Å². The molecular weight excluding hydrogens is 242 g/mol. The lowest BCUT2D eigenvalue weighted by Gasteiger charge is -2.14. The van der Waals surface area contributed by atoms with E-state index in [2.05, 4.69) is 6.92 Å². The number of benzene rings is 1. The Balaban J connectivity index is 1.96. The molecule has 1 aliphatic rings. The van der Waals surface area contributed by atoms with Crippen LogP contribution in [0.25, 0.3) is 0 Å². The highest BCUT2D eigenvalue weighted by Gasteiger charge is 2.24. The van der Waals surface area contributed by atoms with Crippen LogP contribution in [-0.4, -0.2) is 18.0 Å². The van der Waals surface area contributed by atoms with Gasteiger partial charge in [-0.3, -0.25) is 0 Å². The number of hydrogen-bond acceptors (Lipinski definition) is 3. The van der Waals surface area contributed by atoms with Crippen molar-refractivity contribution >= 4 is 29.1 Å². The number of hydrogen-bond donors (Lipinski definition) is 1. The molecule has 2 N–H and O–H groups in total. The zero-order valence-electron chi connectivity index (χ0n) is 9.28. The molecule has 1 heterocycles. The third kappa shape index (κ3) is 2.84. The van der Waals surface area contributed by atoms with Crippen molar-refractivity contribution in [2.45, 2.75) is 30.5 Å². The van der Waals surface area contributed by atoms with E-state index >= 15 is 0 Å². The number of nitrogen functional groups attached to an aromatic ring is 1. The molecule has 0 bridgehead atoms. The van der Waals surface area contributed by atoms with Crippen molar-refractivity contribution in [2.75, 3.05) is 12.3 Å². The van der Waals surface area contributed by atoms with Gasteiger partial charge in [-0.1, -0.05) is 11.6 Å². The van der Waals surface area contributed by atoms with Crippen molar-refractivity contribution in [3.8, 4) is 0 Å². The fourth-order valence-corrected chi connectivity index (χ4v) is 3.34. The molecule has 1 aromatic carbocycles. The largest absolute Gasteiger partial charge is 0.399 e. The molecular formula is C12H16ClNOS. The molecule has 0 saturated carbocycles. The molecule has 0 amide bonds. The van der Waals surface area contributed by atoms with Crippen LogP contribution in [0.4, 0.5) is 5.69 Å². The van der Waals surface area contributed by atoms with Gasteiger partial charge in [0.2, 0.25) is 0 Å². The number of anilines is 1. The number of ether oxygens (including phenoxy) is 1. The predicted octanol–water partition coefficient (Wildman–Crippen LogP) is 3.33. The normalized spacial score (nSPS) is 24.9. The lowest BCUT2D eigenvalue weighted by molar-refractivity contribution is 0.127. The summed E-state index contributed by atoms with van der Waals surface area (Å²) >= 11 is 8.02. The van der Waals surface area contributed by atoms with Crippen molar-refractivity contribution < 1.29 is 4.74 Å². The van der Waals surface area contributed by atoms with Gasteiger partial charge in [-0.05, 0) is 37.1 Å². The Labute approximate surface area is 105 Å². The first-order chi connectivity index (χ1) is 7.66. The molecule has 0 aliphatic carbocycles. The van der Waals surface area contributed by atoms with Crippen LogP contribution in [-0.2, 0) is 10.5 Å². The molecule has 1 aromatic rings.